The summed E-state index contributed by atoms with van der Waals surface area (Å²) in [4.78, 5) is 12.6. The monoisotopic (exact) mass is 369 g/mol. The quantitative estimate of drug-likeness (QED) is 0.693. The third-order valence-electron chi connectivity index (χ3n) is 3.90. The van der Waals surface area contributed by atoms with Gasteiger partial charge in [0.15, 0.2) is 5.82 Å². The predicted octanol–water partition coefficient (Wildman–Crippen LogP) is 4.54. The number of carbonyl (C=O) groups excluding carboxylic acids is 1. The number of hydrogen-bond donors (Lipinski definition) is 1. The van der Waals surface area contributed by atoms with Gasteiger partial charge in [-0.05, 0) is 43.7 Å². The molecule has 1 amide bonds. The molecule has 0 unspecified atom stereocenters. The molecule has 5 nitrogen and oxygen atoms in total. The number of carbonyl (C=O) groups is 1. The van der Waals surface area contributed by atoms with Gasteiger partial charge < -0.3 is 10.1 Å². The van der Waals surface area contributed by atoms with Gasteiger partial charge in [0.05, 0.1) is 18.7 Å². The molecule has 0 fully saturated rings. The Kier molecular flexibility index (Phi) is 5.58. The first kappa shape index (κ1) is 18.0. The van der Waals surface area contributed by atoms with Crippen molar-refractivity contribution in [1.82, 2.24) is 9.78 Å². The minimum atomic E-state index is -0.245. The highest BCUT2D eigenvalue weighted by Crippen LogP contribution is 2.20. The molecule has 0 spiro atoms. The summed E-state index contributed by atoms with van der Waals surface area (Å²) in [5.41, 5.74) is 2.52. The standard InChI is InChI=1S/C20H20ClN3O2/c1-3-26-18-7-5-4-6-17(18)20(25)22-19-12-14(2)24(23-19)13-15-8-10-16(21)11-9-15/h4-12H,3,13H2,1-2H3,(H,22,23,25). The minimum absolute atomic E-state index is 0.245. The van der Waals surface area contributed by atoms with E-state index in [0.717, 1.165) is 11.3 Å². The fraction of sp³-hybridized carbons (Fsp3) is 0.200. The third-order valence-corrected chi connectivity index (χ3v) is 4.15. The molecule has 26 heavy (non-hydrogen) atoms. The highest BCUT2D eigenvalue weighted by Gasteiger charge is 2.14. The van der Waals surface area contributed by atoms with Gasteiger partial charge in [0, 0.05) is 16.8 Å². The number of ether oxygens (including phenoxy) is 1. The summed E-state index contributed by atoms with van der Waals surface area (Å²) in [7, 11) is 0. The molecule has 0 saturated heterocycles. The summed E-state index contributed by atoms with van der Waals surface area (Å²) < 4.78 is 7.36. The Balaban J connectivity index is 1.75. The number of halogens is 1. The Morgan fingerprint density at radius 1 is 1.19 bits per heavy atom. The van der Waals surface area contributed by atoms with Crippen molar-refractivity contribution < 1.29 is 9.53 Å². The smallest absolute Gasteiger partial charge is 0.260 e. The summed E-state index contributed by atoms with van der Waals surface area (Å²) >= 11 is 5.92. The predicted molar refractivity (Wildman–Crippen MR) is 103 cm³/mol. The highest BCUT2D eigenvalue weighted by atomic mass is 35.5. The van der Waals surface area contributed by atoms with E-state index < -0.39 is 0 Å². The largest absolute Gasteiger partial charge is 0.493 e. The van der Waals surface area contributed by atoms with E-state index in [1.165, 1.54) is 0 Å². The topological polar surface area (TPSA) is 56.1 Å². The van der Waals surface area contributed by atoms with Crippen molar-refractivity contribution in [3.8, 4) is 5.75 Å². The molecular weight excluding hydrogens is 350 g/mol. The van der Waals surface area contributed by atoms with Crippen LogP contribution in [0, 0.1) is 6.92 Å². The van der Waals surface area contributed by atoms with Gasteiger partial charge in [-0.3, -0.25) is 9.48 Å². The Hall–Kier alpha value is -2.79. The number of rotatable bonds is 6. The number of nitrogens with one attached hydrogen (secondary N) is 1. The van der Waals surface area contributed by atoms with E-state index in [0.29, 0.717) is 35.3 Å². The third kappa shape index (κ3) is 4.24. The Bertz CT molecular complexity index is 904. The maximum atomic E-state index is 12.6. The van der Waals surface area contributed by atoms with Crippen LogP contribution >= 0.6 is 11.6 Å². The molecule has 0 saturated carbocycles. The summed E-state index contributed by atoms with van der Waals surface area (Å²) in [5, 5.41) is 8.02. The number of nitrogens with zero attached hydrogens (tertiary/aromatic N) is 2. The molecule has 3 aromatic rings. The molecule has 0 bridgehead atoms. The van der Waals surface area contributed by atoms with Crippen molar-refractivity contribution in [2.75, 3.05) is 11.9 Å². The lowest BCUT2D eigenvalue weighted by molar-refractivity contribution is 0.102. The zero-order valence-corrected chi connectivity index (χ0v) is 15.5. The van der Waals surface area contributed by atoms with Crippen molar-refractivity contribution in [3.63, 3.8) is 0 Å². The molecule has 0 aliphatic heterocycles. The second kappa shape index (κ2) is 8.06. The van der Waals surface area contributed by atoms with Crippen LogP contribution in [0.5, 0.6) is 5.75 Å². The van der Waals surface area contributed by atoms with E-state index in [-0.39, 0.29) is 5.91 Å². The van der Waals surface area contributed by atoms with Crippen molar-refractivity contribution in [3.05, 3.63) is 76.4 Å². The van der Waals surface area contributed by atoms with Crippen molar-refractivity contribution in [1.29, 1.82) is 0 Å². The maximum Gasteiger partial charge on any atom is 0.260 e. The Morgan fingerprint density at radius 3 is 2.65 bits per heavy atom. The normalized spacial score (nSPS) is 10.6. The maximum absolute atomic E-state index is 12.6. The Morgan fingerprint density at radius 2 is 1.92 bits per heavy atom. The molecular formula is C20H20ClN3O2. The van der Waals surface area contributed by atoms with E-state index >= 15 is 0 Å². The molecule has 1 heterocycles. The first-order chi connectivity index (χ1) is 12.6. The fourth-order valence-corrected chi connectivity index (χ4v) is 2.74. The molecule has 2 aromatic carbocycles. The van der Waals surface area contributed by atoms with Gasteiger partial charge in [0.1, 0.15) is 5.75 Å². The lowest BCUT2D eigenvalue weighted by atomic mass is 10.2. The van der Waals surface area contributed by atoms with E-state index in [2.05, 4.69) is 10.4 Å². The first-order valence-electron chi connectivity index (χ1n) is 8.39. The first-order valence-corrected chi connectivity index (χ1v) is 8.76. The van der Waals surface area contributed by atoms with Crippen LogP contribution < -0.4 is 10.1 Å². The van der Waals surface area contributed by atoms with E-state index in [9.17, 15) is 4.79 Å². The van der Waals surface area contributed by atoms with Crippen LogP contribution in [0.15, 0.2) is 54.6 Å². The number of aryl methyl sites for hydroxylation is 1. The summed E-state index contributed by atoms with van der Waals surface area (Å²) in [6, 6.07) is 16.6. The van der Waals surface area contributed by atoms with Gasteiger partial charge in [-0.25, -0.2) is 0 Å². The summed E-state index contributed by atoms with van der Waals surface area (Å²) in [6.45, 7) is 4.94. The molecule has 1 N–H and O–H groups in total. The Labute approximate surface area is 157 Å². The van der Waals surface area contributed by atoms with Gasteiger partial charge in [-0.2, -0.15) is 5.10 Å². The summed E-state index contributed by atoms with van der Waals surface area (Å²) in [6.07, 6.45) is 0. The van der Waals surface area contributed by atoms with Crippen LogP contribution in [0.2, 0.25) is 5.02 Å². The lowest BCUT2D eigenvalue weighted by Crippen LogP contribution is -2.14. The number of amides is 1. The van der Waals surface area contributed by atoms with Crippen LogP contribution in [-0.2, 0) is 6.54 Å². The van der Waals surface area contributed by atoms with E-state index in [1.807, 2.05) is 61.0 Å². The van der Waals surface area contributed by atoms with Crippen LogP contribution in [0.25, 0.3) is 0 Å². The van der Waals surface area contributed by atoms with Crippen molar-refractivity contribution in [2.45, 2.75) is 20.4 Å². The van der Waals surface area contributed by atoms with Crippen LogP contribution in [0.4, 0.5) is 5.82 Å². The average molecular weight is 370 g/mol. The molecule has 0 aliphatic rings. The van der Waals surface area contributed by atoms with Crippen LogP contribution in [0.3, 0.4) is 0 Å². The molecule has 0 radical (unpaired) electrons. The van der Waals surface area contributed by atoms with Crippen LogP contribution in [-0.4, -0.2) is 22.3 Å². The number of anilines is 1. The zero-order chi connectivity index (χ0) is 18.5. The van der Waals surface area contributed by atoms with Crippen LogP contribution in [0.1, 0.15) is 28.5 Å². The number of aromatic nitrogens is 2. The average Bonchev–Trinajstić information content (AvgIpc) is 2.96. The van der Waals surface area contributed by atoms with Gasteiger partial charge in [0.2, 0.25) is 0 Å². The molecule has 1 aromatic heterocycles. The van der Waals surface area contributed by atoms with E-state index in [4.69, 9.17) is 16.3 Å². The van der Waals surface area contributed by atoms with Crippen molar-refractivity contribution >= 4 is 23.3 Å². The van der Waals surface area contributed by atoms with Gasteiger partial charge in [-0.15, -0.1) is 0 Å². The van der Waals surface area contributed by atoms with Crippen molar-refractivity contribution in [2.24, 2.45) is 0 Å². The molecule has 134 valence electrons. The highest BCUT2D eigenvalue weighted by molar-refractivity contribution is 6.30. The van der Waals surface area contributed by atoms with E-state index in [1.54, 1.807) is 12.1 Å². The van der Waals surface area contributed by atoms with Gasteiger partial charge >= 0.3 is 0 Å². The number of para-hydroxylation sites is 1. The van der Waals surface area contributed by atoms with Gasteiger partial charge in [-0.1, -0.05) is 35.9 Å². The fourth-order valence-electron chi connectivity index (χ4n) is 2.61. The SMILES string of the molecule is CCOc1ccccc1C(=O)Nc1cc(C)n(Cc2ccc(Cl)cc2)n1. The lowest BCUT2D eigenvalue weighted by Gasteiger charge is -2.09. The second-order valence-electron chi connectivity index (χ2n) is 5.84. The molecule has 6 heteroatoms. The molecule has 0 atom stereocenters. The zero-order valence-electron chi connectivity index (χ0n) is 14.7. The molecule has 3 rings (SSSR count). The minimum Gasteiger partial charge on any atom is -0.493 e. The summed E-state index contributed by atoms with van der Waals surface area (Å²) in [5.74, 6) is 0.822. The number of hydrogen-bond acceptors (Lipinski definition) is 3. The second-order valence-corrected chi connectivity index (χ2v) is 6.27. The number of benzene rings is 2. The molecule has 0 aliphatic carbocycles. The van der Waals surface area contributed by atoms with Gasteiger partial charge in [0.25, 0.3) is 5.91 Å².